The molecule has 27 heavy (non-hydrogen) atoms. The fourth-order valence-corrected chi connectivity index (χ4v) is 4.25. The van der Waals surface area contributed by atoms with Gasteiger partial charge in [0.05, 0.1) is 12.3 Å². The molecule has 1 saturated heterocycles. The van der Waals surface area contributed by atoms with E-state index in [1.807, 2.05) is 12.1 Å². The van der Waals surface area contributed by atoms with Crippen LogP contribution in [0, 0.1) is 0 Å². The highest BCUT2D eigenvalue weighted by Gasteiger charge is 2.45. The number of hydrogen-bond acceptors (Lipinski definition) is 6. The number of nitrogens with one attached hydrogen (secondary N) is 1. The van der Waals surface area contributed by atoms with Gasteiger partial charge in [0.25, 0.3) is 5.56 Å². The van der Waals surface area contributed by atoms with E-state index in [0.717, 1.165) is 36.1 Å². The van der Waals surface area contributed by atoms with Crippen LogP contribution < -0.4 is 11.3 Å². The monoisotopic (exact) mass is 369 g/mol. The third kappa shape index (κ3) is 3.04. The maximum atomic E-state index is 12.6. The first-order valence-electron chi connectivity index (χ1n) is 9.23. The van der Waals surface area contributed by atoms with E-state index >= 15 is 0 Å². The Hall–Kier alpha value is -2.58. The van der Waals surface area contributed by atoms with E-state index in [1.165, 1.54) is 0 Å². The highest BCUT2D eigenvalue weighted by molar-refractivity contribution is 5.81. The predicted octanol–water partition coefficient (Wildman–Crippen LogP) is -0.0421. The third-order valence-corrected chi connectivity index (χ3v) is 5.85. The number of nitrogens with two attached hydrogens (primary N) is 1. The van der Waals surface area contributed by atoms with Crippen molar-refractivity contribution in [2.24, 2.45) is 5.73 Å². The highest BCUT2D eigenvalue weighted by atomic mass is 16.3. The predicted molar refractivity (Wildman–Crippen MR) is 99.0 cm³/mol. The van der Waals surface area contributed by atoms with Crippen molar-refractivity contribution in [2.75, 3.05) is 19.7 Å². The smallest absolute Gasteiger partial charge is 0.254 e. The molecule has 3 heterocycles. The number of aromatic nitrogens is 3. The van der Waals surface area contributed by atoms with Crippen molar-refractivity contribution in [1.29, 1.82) is 0 Å². The van der Waals surface area contributed by atoms with Gasteiger partial charge in [0.2, 0.25) is 5.91 Å². The topological polar surface area (TPSA) is 125 Å². The zero-order valence-electron chi connectivity index (χ0n) is 15.0. The molecule has 8 heteroatoms. The van der Waals surface area contributed by atoms with Gasteiger partial charge in [0, 0.05) is 42.0 Å². The molecule has 1 amide bonds. The molecule has 0 radical (unpaired) electrons. The van der Waals surface area contributed by atoms with Crippen molar-refractivity contribution in [3.05, 3.63) is 46.1 Å². The fraction of sp³-hybridized carbons (Fsp3) is 0.474. The summed E-state index contributed by atoms with van der Waals surface area (Å²) >= 11 is 0. The summed E-state index contributed by atoms with van der Waals surface area (Å²) in [6, 6.07) is 2.82. The molecule has 8 nitrogen and oxygen atoms in total. The van der Waals surface area contributed by atoms with Gasteiger partial charge in [0.1, 0.15) is 11.9 Å². The van der Waals surface area contributed by atoms with Gasteiger partial charge in [-0.2, -0.15) is 0 Å². The number of likely N-dealkylation sites (tertiary alicyclic amines) is 1. The van der Waals surface area contributed by atoms with Crippen LogP contribution in [-0.4, -0.2) is 56.6 Å². The first kappa shape index (κ1) is 17.8. The molecule has 0 unspecified atom stereocenters. The van der Waals surface area contributed by atoms with Crippen molar-refractivity contribution in [3.63, 3.8) is 0 Å². The van der Waals surface area contributed by atoms with Gasteiger partial charge in [-0.3, -0.25) is 14.6 Å². The molecular weight excluding hydrogens is 346 g/mol. The molecule has 0 saturated carbocycles. The van der Waals surface area contributed by atoms with Crippen LogP contribution in [0.15, 0.2) is 29.3 Å². The van der Waals surface area contributed by atoms with Gasteiger partial charge in [-0.25, -0.2) is 4.98 Å². The summed E-state index contributed by atoms with van der Waals surface area (Å²) in [5.74, 6) is 0.314. The number of hydrogen-bond donors (Lipinski definition) is 3. The first-order valence-corrected chi connectivity index (χ1v) is 9.23. The minimum atomic E-state index is -0.868. The number of amides is 1. The molecule has 142 valence electrons. The fourth-order valence-electron chi connectivity index (χ4n) is 4.25. The summed E-state index contributed by atoms with van der Waals surface area (Å²) in [4.78, 5) is 38.4. The molecule has 4 rings (SSSR count). The van der Waals surface area contributed by atoms with Crippen molar-refractivity contribution >= 4 is 5.91 Å². The van der Waals surface area contributed by atoms with Crippen molar-refractivity contribution in [2.45, 2.75) is 37.1 Å². The largest absolute Gasteiger partial charge is 0.394 e. The van der Waals surface area contributed by atoms with E-state index in [9.17, 15) is 9.59 Å². The Morgan fingerprint density at radius 1 is 1.37 bits per heavy atom. The molecule has 1 spiro atoms. The summed E-state index contributed by atoms with van der Waals surface area (Å²) in [6.07, 6.45) is 6.42. The Morgan fingerprint density at radius 2 is 2.15 bits per heavy atom. The molecule has 1 fully saturated rings. The van der Waals surface area contributed by atoms with Crippen molar-refractivity contribution in [3.8, 4) is 11.4 Å². The lowest BCUT2D eigenvalue weighted by Gasteiger charge is -2.40. The summed E-state index contributed by atoms with van der Waals surface area (Å²) in [5.41, 5.74) is 7.80. The van der Waals surface area contributed by atoms with Crippen LogP contribution in [0.1, 0.15) is 30.5 Å². The lowest BCUT2D eigenvalue weighted by Crippen LogP contribution is -2.51. The van der Waals surface area contributed by atoms with E-state index in [0.29, 0.717) is 25.3 Å². The molecule has 2 aromatic heterocycles. The van der Waals surface area contributed by atoms with E-state index in [4.69, 9.17) is 15.8 Å². The number of carbonyl (C=O) groups excluding carboxylic acids is 1. The second-order valence-corrected chi connectivity index (χ2v) is 7.38. The minimum absolute atomic E-state index is 0.0865. The molecule has 1 aliphatic carbocycles. The maximum absolute atomic E-state index is 12.6. The standard InChI is InChI=1S/C19H23N5O3/c20-14(11-25)18(27)24-8-5-19(6-9-24)4-3-13-15(19)22-16(23-17(13)26)12-2-1-7-21-10-12/h1-2,7,10,14,25H,3-6,8-9,11,20H2,(H,22,23,26)/t14-/m0/s1. The normalized spacial score (nSPS) is 19.1. The number of carbonyl (C=O) groups is 1. The lowest BCUT2D eigenvalue weighted by molar-refractivity contribution is -0.135. The number of aliphatic hydroxyl groups is 1. The van der Waals surface area contributed by atoms with Gasteiger partial charge >= 0.3 is 0 Å². The van der Waals surface area contributed by atoms with Crippen LogP contribution in [0.3, 0.4) is 0 Å². The Labute approximate surface area is 156 Å². The number of H-pyrrole nitrogens is 1. The maximum Gasteiger partial charge on any atom is 0.254 e. The molecule has 0 bridgehead atoms. The Balaban J connectivity index is 1.63. The average molecular weight is 369 g/mol. The van der Waals surface area contributed by atoms with Gasteiger partial charge in [-0.15, -0.1) is 0 Å². The molecule has 1 aliphatic heterocycles. The second kappa shape index (κ2) is 6.86. The molecule has 2 aromatic rings. The Morgan fingerprint density at radius 3 is 2.81 bits per heavy atom. The quantitative estimate of drug-likeness (QED) is 0.697. The third-order valence-electron chi connectivity index (χ3n) is 5.85. The minimum Gasteiger partial charge on any atom is -0.394 e. The Bertz CT molecular complexity index is 903. The van der Waals surface area contributed by atoms with E-state index in [-0.39, 0.29) is 23.5 Å². The zero-order valence-corrected chi connectivity index (χ0v) is 15.0. The van der Waals surface area contributed by atoms with Crippen LogP contribution in [0.4, 0.5) is 0 Å². The zero-order chi connectivity index (χ0) is 19.0. The van der Waals surface area contributed by atoms with E-state index < -0.39 is 6.04 Å². The number of fused-ring (bicyclic) bond motifs is 2. The molecule has 4 N–H and O–H groups in total. The second-order valence-electron chi connectivity index (χ2n) is 7.38. The molecule has 2 aliphatic rings. The van der Waals surface area contributed by atoms with Crippen molar-refractivity contribution < 1.29 is 9.90 Å². The van der Waals surface area contributed by atoms with Gasteiger partial charge in [-0.05, 0) is 37.8 Å². The van der Waals surface area contributed by atoms with Crippen LogP contribution >= 0.6 is 0 Å². The molecule has 0 aromatic carbocycles. The van der Waals surface area contributed by atoms with Crippen LogP contribution in [0.5, 0.6) is 0 Å². The average Bonchev–Trinajstić information content (AvgIpc) is 3.06. The number of aromatic amines is 1. The molecular formula is C19H23N5O3. The number of nitrogens with zero attached hydrogens (tertiary/aromatic N) is 3. The van der Waals surface area contributed by atoms with Gasteiger partial charge in [-0.1, -0.05) is 0 Å². The van der Waals surface area contributed by atoms with Gasteiger partial charge in [0.15, 0.2) is 0 Å². The first-order chi connectivity index (χ1) is 13.0. The van der Waals surface area contributed by atoms with Crippen molar-refractivity contribution in [1.82, 2.24) is 19.9 Å². The number of aliphatic hydroxyl groups excluding tert-OH is 1. The summed E-state index contributed by atoms with van der Waals surface area (Å²) in [7, 11) is 0. The van der Waals surface area contributed by atoms with E-state index in [2.05, 4.69) is 9.97 Å². The molecule has 1 atom stereocenters. The summed E-state index contributed by atoms with van der Waals surface area (Å²) in [5, 5.41) is 9.11. The van der Waals surface area contributed by atoms with Crippen LogP contribution in [0.2, 0.25) is 0 Å². The summed E-state index contributed by atoms with van der Waals surface area (Å²) in [6.45, 7) is 0.764. The van der Waals surface area contributed by atoms with Gasteiger partial charge < -0.3 is 20.7 Å². The number of pyridine rings is 1. The number of piperidine rings is 1. The Kier molecular flexibility index (Phi) is 4.53. The van der Waals surface area contributed by atoms with E-state index in [1.54, 1.807) is 17.3 Å². The van der Waals surface area contributed by atoms with Crippen LogP contribution in [-0.2, 0) is 16.6 Å². The highest BCUT2D eigenvalue weighted by Crippen LogP contribution is 2.44. The number of rotatable bonds is 3. The SMILES string of the molecule is N[C@@H](CO)C(=O)N1CCC2(CCc3c2nc(-c2cccnc2)[nH]c3=O)CC1. The van der Waals surface area contributed by atoms with Crippen LogP contribution in [0.25, 0.3) is 11.4 Å². The summed E-state index contributed by atoms with van der Waals surface area (Å²) < 4.78 is 0. The lowest BCUT2D eigenvalue weighted by atomic mass is 9.76.